The van der Waals surface area contributed by atoms with E-state index in [1.54, 1.807) is 0 Å². The van der Waals surface area contributed by atoms with E-state index in [1.807, 2.05) is 0 Å². The van der Waals surface area contributed by atoms with Crippen molar-refractivity contribution in [2.24, 2.45) is 11.3 Å². The van der Waals surface area contributed by atoms with Gasteiger partial charge in [-0.3, -0.25) is 14.3 Å². The minimum absolute atomic E-state index is 0.190. The molecule has 2 saturated heterocycles. The van der Waals surface area contributed by atoms with Crippen LogP contribution < -0.4 is 0 Å². The van der Waals surface area contributed by atoms with E-state index in [4.69, 9.17) is 23.7 Å². The molecule has 0 amide bonds. The van der Waals surface area contributed by atoms with E-state index in [0.717, 1.165) is 19.3 Å². The highest BCUT2D eigenvalue weighted by Crippen LogP contribution is 2.52. The lowest BCUT2D eigenvalue weighted by molar-refractivity contribution is -0.204. The van der Waals surface area contributed by atoms with Crippen LogP contribution in [0.4, 0.5) is 0 Å². The summed E-state index contributed by atoms with van der Waals surface area (Å²) >= 11 is 0. The Bertz CT molecular complexity index is 871. The Morgan fingerprint density at radius 2 is 1.91 bits per heavy atom. The first-order valence-corrected chi connectivity index (χ1v) is 11.3. The number of fused-ring (bicyclic) bond motifs is 1. The Morgan fingerprint density at radius 3 is 2.53 bits per heavy atom. The molecule has 32 heavy (non-hydrogen) atoms. The fourth-order valence-electron chi connectivity index (χ4n) is 5.42. The van der Waals surface area contributed by atoms with Gasteiger partial charge in [-0.25, -0.2) is 4.79 Å². The summed E-state index contributed by atoms with van der Waals surface area (Å²) in [6, 6.07) is 0. The van der Waals surface area contributed by atoms with Crippen LogP contribution >= 0.6 is 0 Å². The number of ether oxygens (including phenoxy) is 5. The third-order valence-electron chi connectivity index (χ3n) is 7.18. The van der Waals surface area contributed by atoms with Gasteiger partial charge >= 0.3 is 17.9 Å². The van der Waals surface area contributed by atoms with Crippen molar-refractivity contribution in [1.82, 2.24) is 0 Å². The van der Waals surface area contributed by atoms with Crippen LogP contribution in [-0.4, -0.2) is 48.3 Å². The van der Waals surface area contributed by atoms with Gasteiger partial charge < -0.3 is 18.9 Å². The predicted molar refractivity (Wildman–Crippen MR) is 112 cm³/mol. The van der Waals surface area contributed by atoms with Crippen molar-refractivity contribution in [1.29, 1.82) is 0 Å². The molecule has 0 spiro atoms. The Hall–Kier alpha value is -2.19. The average Bonchev–Trinajstić information content (AvgIpc) is 3.26. The van der Waals surface area contributed by atoms with Crippen molar-refractivity contribution < 1.29 is 38.1 Å². The Morgan fingerprint density at radius 1 is 1.19 bits per heavy atom. The number of cyclic esters (lactones) is 1. The predicted octanol–water partition coefficient (Wildman–Crippen LogP) is 3.34. The van der Waals surface area contributed by atoms with Gasteiger partial charge in [0.25, 0.3) is 0 Å². The molecule has 3 unspecified atom stereocenters. The maximum atomic E-state index is 13.0. The molecule has 0 aromatic rings. The highest BCUT2D eigenvalue weighted by Gasteiger charge is 2.67. The van der Waals surface area contributed by atoms with Gasteiger partial charge in [-0.2, -0.15) is 0 Å². The van der Waals surface area contributed by atoms with Gasteiger partial charge in [-0.1, -0.05) is 25.5 Å². The molecule has 1 aliphatic carbocycles. The fraction of sp³-hybridized carbons (Fsp3) is 0.708. The van der Waals surface area contributed by atoms with Gasteiger partial charge in [0.2, 0.25) is 12.6 Å². The lowest BCUT2D eigenvalue weighted by Gasteiger charge is -2.39. The Kier molecular flexibility index (Phi) is 5.96. The van der Waals surface area contributed by atoms with E-state index in [1.165, 1.54) is 25.5 Å². The molecule has 0 bridgehead atoms. The maximum absolute atomic E-state index is 13.0. The van der Waals surface area contributed by atoms with Crippen LogP contribution in [0.25, 0.3) is 0 Å². The number of hydrogen-bond donors (Lipinski definition) is 0. The summed E-state index contributed by atoms with van der Waals surface area (Å²) < 4.78 is 27.4. The van der Waals surface area contributed by atoms with Gasteiger partial charge in [-0.05, 0) is 50.0 Å². The maximum Gasteiger partial charge on any atom is 0.341 e. The first-order valence-electron chi connectivity index (χ1n) is 11.3. The lowest BCUT2D eigenvalue weighted by atomic mass is 9.66. The molecule has 0 radical (unpaired) electrons. The minimum Gasteiger partial charge on any atom is -0.455 e. The summed E-state index contributed by atoms with van der Waals surface area (Å²) in [7, 11) is 0. The third-order valence-corrected chi connectivity index (χ3v) is 7.18. The molecule has 8 nitrogen and oxygen atoms in total. The van der Waals surface area contributed by atoms with Crippen LogP contribution in [0.15, 0.2) is 23.3 Å². The molecular formula is C24H32O8. The van der Waals surface area contributed by atoms with Gasteiger partial charge in [0.05, 0.1) is 0 Å². The zero-order valence-corrected chi connectivity index (χ0v) is 19.3. The summed E-state index contributed by atoms with van der Waals surface area (Å²) in [5.74, 6) is -1.08. The second kappa shape index (κ2) is 8.30. The summed E-state index contributed by atoms with van der Waals surface area (Å²) in [5.41, 5.74) is 1.13. The van der Waals surface area contributed by atoms with Crippen molar-refractivity contribution >= 4 is 17.9 Å². The number of carbonyl (C=O) groups is 3. The Balaban J connectivity index is 1.43. The molecule has 4 aliphatic rings. The summed E-state index contributed by atoms with van der Waals surface area (Å²) in [5, 5.41) is 0. The van der Waals surface area contributed by atoms with Crippen LogP contribution in [0.1, 0.15) is 66.7 Å². The van der Waals surface area contributed by atoms with Crippen molar-refractivity contribution in [3.05, 3.63) is 23.3 Å². The van der Waals surface area contributed by atoms with Gasteiger partial charge in [-0.15, -0.1) is 0 Å². The van der Waals surface area contributed by atoms with E-state index in [-0.39, 0.29) is 11.5 Å². The average molecular weight is 449 g/mol. The van der Waals surface area contributed by atoms with E-state index in [0.29, 0.717) is 24.3 Å². The lowest BCUT2D eigenvalue weighted by Crippen LogP contribution is -2.42. The molecular weight excluding hydrogens is 416 g/mol. The number of allylic oxidation sites excluding steroid dienone is 2. The van der Waals surface area contributed by atoms with E-state index in [2.05, 4.69) is 26.8 Å². The molecule has 4 rings (SSSR count). The van der Waals surface area contributed by atoms with Crippen molar-refractivity contribution in [3.63, 3.8) is 0 Å². The number of epoxide rings is 1. The largest absolute Gasteiger partial charge is 0.455 e. The van der Waals surface area contributed by atoms with Crippen molar-refractivity contribution in [3.8, 4) is 0 Å². The summed E-state index contributed by atoms with van der Waals surface area (Å²) in [6.45, 7) is 9.25. The molecule has 6 atom stereocenters. The van der Waals surface area contributed by atoms with Crippen molar-refractivity contribution in [2.45, 2.75) is 97.1 Å². The summed E-state index contributed by atoms with van der Waals surface area (Å²) in [6.07, 6.45) is 4.98. The highest BCUT2D eigenvalue weighted by molar-refractivity contribution is 5.85. The molecule has 0 saturated carbocycles. The monoisotopic (exact) mass is 448 g/mol. The SMILES string of the molecule is CC(=O)OC1C=C([C@H]2C[C@H]3O[C@@]3(CCC3C(C)=CCCC3(C)C)C(=O)O2)C(OC(C)=O)O1. The molecule has 176 valence electrons. The zero-order valence-electron chi connectivity index (χ0n) is 19.3. The standard InChI is InChI=1S/C24H32O8/c1-13-7-6-9-23(4,5)17(13)8-10-24-19(32-24)12-18(30-22(24)27)16-11-20(28-14(2)25)31-21(16)29-15(3)26/h7,11,17-21H,6,8-10,12H2,1-5H3/t17?,18-,19-,20?,21?,24-/m1/s1. The number of rotatable bonds is 6. The normalized spacial score (nSPS) is 37.5. The molecule has 0 aromatic heterocycles. The van der Waals surface area contributed by atoms with Crippen LogP contribution in [0, 0.1) is 11.3 Å². The van der Waals surface area contributed by atoms with E-state index in [9.17, 15) is 14.4 Å². The zero-order chi connectivity index (χ0) is 23.3. The second-order valence-corrected chi connectivity index (χ2v) is 9.91. The van der Waals surface area contributed by atoms with Gasteiger partial charge in [0.1, 0.15) is 12.2 Å². The van der Waals surface area contributed by atoms with E-state index >= 15 is 0 Å². The highest BCUT2D eigenvalue weighted by atomic mass is 16.8. The van der Waals surface area contributed by atoms with Crippen LogP contribution in [0.3, 0.4) is 0 Å². The smallest absolute Gasteiger partial charge is 0.341 e. The van der Waals surface area contributed by atoms with Crippen LogP contribution in [0.5, 0.6) is 0 Å². The second-order valence-electron chi connectivity index (χ2n) is 9.91. The topological polar surface area (TPSA) is 101 Å². The minimum atomic E-state index is -1.07. The molecule has 3 heterocycles. The van der Waals surface area contributed by atoms with Gasteiger partial charge in [0.15, 0.2) is 5.60 Å². The first kappa shape index (κ1) is 23.0. The third kappa shape index (κ3) is 4.35. The molecule has 2 fully saturated rings. The van der Waals surface area contributed by atoms with E-state index < -0.39 is 42.2 Å². The number of hydrogen-bond acceptors (Lipinski definition) is 8. The van der Waals surface area contributed by atoms with Crippen molar-refractivity contribution in [2.75, 3.05) is 0 Å². The number of carbonyl (C=O) groups excluding carboxylic acids is 3. The number of esters is 3. The Labute approximate surface area is 188 Å². The summed E-state index contributed by atoms with van der Waals surface area (Å²) in [4.78, 5) is 35.8. The molecule has 0 aromatic carbocycles. The van der Waals surface area contributed by atoms with Crippen LogP contribution in [0.2, 0.25) is 0 Å². The molecule has 8 heteroatoms. The van der Waals surface area contributed by atoms with Gasteiger partial charge in [0, 0.05) is 25.8 Å². The van der Waals surface area contributed by atoms with Crippen LogP contribution in [-0.2, 0) is 38.1 Å². The quantitative estimate of drug-likeness (QED) is 0.264. The molecule has 3 aliphatic heterocycles. The fourth-order valence-corrected chi connectivity index (χ4v) is 5.42. The first-order chi connectivity index (χ1) is 15.0. The molecule has 0 N–H and O–H groups in total.